The lowest BCUT2D eigenvalue weighted by molar-refractivity contribution is 0.565. The van der Waals surface area contributed by atoms with Crippen molar-refractivity contribution in [2.75, 3.05) is 13.1 Å². The van der Waals surface area contributed by atoms with Gasteiger partial charge >= 0.3 is 0 Å². The van der Waals surface area contributed by atoms with E-state index in [0.29, 0.717) is 12.0 Å². The minimum atomic E-state index is 0. The van der Waals surface area contributed by atoms with Crippen LogP contribution in [0.25, 0.3) is 0 Å². The van der Waals surface area contributed by atoms with Gasteiger partial charge in [-0.15, -0.1) is 24.8 Å². The summed E-state index contributed by atoms with van der Waals surface area (Å²) in [6.07, 6.45) is 0. The lowest BCUT2D eigenvalue weighted by atomic mass is 10.1. The molecule has 1 aliphatic heterocycles. The van der Waals surface area contributed by atoms with Gasteiger partial charge in [-0.2, -0.15) is 0 Å². The number of rotatable bonds is 0. The minimum absolute atomic E-state index is 0. The van der Waals surface area contributed by atoms with E-state index in [-0.39, 0.29) is 24.8 Å². The van der Waals surface area contributed by atoms with E-state index in [1.165, 1.54) is 0 Å². The van der Waals surface area contributed by atoms with Gasteiger partial charge in [0.15, 0.2) is 0 Å². The normalized spacial score (nSPS) is 32.7. The summed E-state index contributed by atoms with van der Waals surface area (Å²) in [5.74, 6) is 0.681. The van der Waals surface area contributed by atoms with Crippen molar-refractivity contribution in [2.45, 2.75) is 13.0 Å². The van der Waals surface area contributed by atoms with Crippen LogP contribution in [-0.4, -0.2) is 19.1 Å². The van der Waals surface area contributed by atoms with E-state index in [1.807, 2.05) is 0 Å². The van der Waals surface area contributed by atoms with E-state index >= 15 is 0 Å². The summed E-state index contributed by atoms with van der Waals surface area (Å²) in [6, 6.07) is 0.403. The van der Waals surface area contributed by atoms with Gasteiger partial charge in [-0.3, -0.25) is 0 Å². The monoisotopic (exact) mass is 172 g/mol. The molecule has 1 unspecified atom stereocenters. The molecule has 0 bridgehead atoms. The Morgan fingerprint density at radius 1 is 1.33 bits per heavy atom. The van der Waals surface area contributed by atoms with Crippen LogP contribution >= 0.6 is 24.8 Å². The van der Waals surface area contributed by atoms with Crippen molar-refractivity contribution >= 4 is 24.8 Å². The molecule has 0 saturated carbocycles. The maximum Gasteiger partial charge on any atom is 0.0203 e. The molecule has 1 rings (SSSR count). The van der Waals surface area contributed by atoms with Gasteiger partial charge in [0, 0.05) is 12.6 Å². The molecule has 2 atom stereocenters. The maximum absolute atomic E-state index is 5.62. The quantitative estimate of drug-likeness (QED) is 0.556. The van der Waals surface area contributed by atoms with Crippen LogP contribution in [0.2, 0.25) is 0 Å². The van der Waals surface area contributed by atoms with Crippen molar-refractivity contribution in [3.63, 3.8) is 0 Å². The van der Waals surface area contributed by atoms with Gasteiger partial charge in [-0.1, -0.05) is 6.92 Å². The Bertz CT molecular complexity index is 62.0. The highest BCUT2D eigenvalue weighted by Gasteiger charge is 2.17. The van der Waals surface area contributed by atoms with E-state index in [9.17, 15) is 0 Å². The van der Waals surface area contributed by atoms with Gasteiger partial charge in [-0.25, -0.2) is 0 Å². The van der Waals surface area contributed by atoms with Gasteiger partial charge in [0.05, 0.1) is 0 Å². The van der Waals surface area contributed by atoms with Crippen LogP contribution in [0, 0.1) is 5.92 Å². The molecule has 1 heterocycles. The van der Waals surface area contributed by atoms with Gasteiger partial charge in [-0.05, 0) is 12.5 Å². The fourth-order valence-electron chi connectivity index (χ4n) is 0.830. The van der Waals surface area contributed by atoms with Crippen LogP contribution in [0.3, 0.4) is 0 Å². The molecule has 0 aromatic carbocycles. The Hall–Kier alpha value is 0.500. The molecule has 3 N–H and O–H groups in total. The number of nitrogens with one attached hydrogen (secondary N) is 1. The molecule has 1 fully saturated rings. The predicted octanol–water partition coefficient (Wildman–Crippen LogP) is 0.397. The van der Waals surface area contributed by atoms with Crippen molar-refractivity contribution < 1.29 is 0 Å². The number of nitrogens with two attached hydrogens (primary N) is 1. The van der Waals surface area contributed by atoms with E-state index in [4.69, 9.17) is 5.73 Å². The molecule has 4 heteroatoms. The summed E-state index contributed by atoms with van der Waals surface area (Å²) < 4.78 is 0. The number of hydrogen-bond donors (Lipinski definition) is 2. The van der Waals surface area contributed by atoms with E-state index in [0.717, 1.165) is 13.1 Å². The Labute approximate surface area is 68.4 Å². The van der Waals surface area contributed by atoms with Crippen LogP contribution in [-0.2, 0) is 0 Å². The minimum Gasteiger partial charge on any atom is -0.326 e. The SMILES string of the molecule is CC1CNC[C@@H]1N.Cl.Cl. The fourth-order valence-corrected chi connectivity index (χ4v) is 0.830. The average molecular weight is 173 g/mol. The Morgan fingerprint density at radius 3 is 2.00 bits per heavy atom. The molecular weight excluding hydrogens is 159 g/mol. The summed E-state index contributed by atoms with van der Waals surface area (Å²) in [6.45, 7) is 4.27. The molecule has 1 saturated heterocycles. The third kappa shape index (κ3) is 3.26. The summed E-state index contributed by atoms with van der Waals surface area (Å²) in [5, 5.41) is 3.20. The summed E-state index contributed by atoms with van der Waals surface area (Å²) in [7, 11) is 0. The molecule has 0 amide bonds. The lowest BCUT2D eigenvalue weighted by Crippen LogP contribution is -2.26. The van der Waals surface area contributed by atoms with Gasteiger partial charge in [0.25, 0.3) is 0 Å². The van der Waals surface area contributed by atoms with Gasteiger partial charge in [0.1, 0.15) is 0 Å². The van der Waals surface area contributed by atoms with Crippen LogP contribution in [0.15, 0.2) is 0 Å². The zero-order chi connectivity index (χ0) is 5.28. The molecule has 1 aliphatic rings. The topological polar surface area (TPSA) is 38.0 Å². The fraction of sp³-hybridized carbons (Fsp3) is 1.00. The molecule has 0 aromatic rings. The lowest BCUT2D eigenvalue weighted by Gasteiger charge is -2.03. The average Bonchev–Trinajstić information content (AvgIpc) is 1.91. The van der Waals surface area contributed by atoms with Crippen molar-refractivity contribution in [1.29, 1.82) is 0 Å². The molecule has 0 radical (unpaired) electrons. The molecule has 2 nitrogen and oxygen atoms in total. The first-order valence-electron chi connectivity index (χ1n) is 2.77. The van der Waals surface area contributed by atoms with Crippen molar-refractivity contribution in [3.05, 3.63) is 0 Å². The van der Waals surface area contributed by atoms with Crippen LogP contribution < -0.4 is 11.1 Å². The zero-order valence-electron chi connectivity index (χ0n) is 5.46. The summed E-state index contributed by atoms with van der Waals surface area (Å²) >= 11 is 0. The first-order valence-corrected chi connectivity index (χ1v) is 2.77. The second-order valence-electron chi connectivity index (χ2n) is 2.30. The molecular formula is C5H14Cl2N2. The second kappa shape index (κ2) is 5.30. The molecule has 0 spiro atoms. The van der Waals surface area contributed by atoms with Gasteiger partial charge < -0.3 is 11.1 Å². The van der Waals surface area contributed by atoms with Gasteiger partial charge in [0.2, 0.25) is 0 Å². The van der Waals surface area contributed by atoms with Crippen LogP contribution in [0.1, 0.15) is 6.92 Å². The maximum atomic E-state index is 5.62. The summed E-state index contributed by atoms with van der Waals surface area (Å²) in [5.41, 5.74) is 5.62. The largest absolute Gasteiger partial charge is 0.326 e. The molecule has 0 aliphatic carbocycles. The third-order valence-corrected chi connectivity index (χ3v) is 1.58. The summed E-state index contributed by atoms with van der Waals surface area (Å²) in [4.78, 5) is 0. The number of halogens is 2. The predicted molar refractivity (Wildman–Crippen MR) is 44.5 cm³/mol. The highest BCUT2D eigenvalue weighted by atomic mass is 35.5. The molecule has 58 valence electrons. The Balaban J connectivity index is 0. The highest BCUT2D eigenvalue weighted by molar-refractivity contribution is 5.85. The Kier molecular flexibility index (Phi) is 7.18. The second-order valence-corrected chi connectivity index (χ2v) is 2.30. The third-order valence-electron chi connectivity index (χ3n) is 1.58. The van der Waals surface area contributed by atoms with E-state index in [2.05, 4.69) is 12.2 Å². The first kappa shape index (κ1) is 12.2. The van der Waals surface area contributed by atoms with Crippen molar-refractivity contribution in [2.24, 2.45) is 11.7 Å². The van der Waals surface area contributed by atoms with E-state index in [1.54, 1.807) is 0 Å². The number of hydrogen-bond acceptors (Lipinski definition) is 2. The van der Waals surface area contributed by atoms with Crippen molar-refractivity contribution in [3.8, 4) is 0 Å². The smallest absolute Gasteiger partial charge is 0.0203 e. The van der Waals surface area contributed by atoms with Crippen LogP contribution in [0.4, 0.5) is 0 Å². The van der Waals surface area contributed by atoms with E-state index < -0.39 is 0 Å². The van der Waals surface area contributed by atoms with Crippen molar-refractivity contribution in [1.82, 2.24) is 5.32 Å². The Morgan fingerprint density at radius 2 is 1.89 bits per heavy atom. The standard InChI is InChI=1S/C5H12N2.2ClH/c1-4-2-7-3-5(4)6;;/h4-5,7H,2-3,6H2,1H3;2*1H/t4?,5-;;/m0../s1. The first-order chi connectivity index (χ1) is 3.30. The van der Waals surface area contributed by atoms with Crippen LogP contribution in [0.5, 0.6) is 0 Å². The molecule has 9 heavy (non-hydrogen) atoms. The highest BCUT2D eigenvalue weighted by Crippen LogP contribution is 2.02. The zero-order valence-corrected chi connectivity index (χ0v) is 7.10. The molecule has 0 aromatic heterocycles.